The average molecular weight is 241 g/mol. The number of nitrogens with zero attached hydrogens (tertiary/aromatic N) is 2. The minimum atomic E-state index is -0.613. The molecule has 0 aliphatic carbocycles. The molecular weight excluding hydrogens is 218 g/mol. The molecule has 17 heavy (non-hydrogen) atoms. The van der Waals surface area contributed by atoms with Gasteiger partial charge in [-0.3, -0.25) is 0 Å². The zero-order valence-electron chi connectivity index (χ0n) is 11.5. The minimum absolute atomic E-state index is 0.0235. The Kier molecular flexibility index (Phi) is 4.16. The molecule has 0 radical (unpaired) electrons. The van der Waals surface area contributed by atoms with Gasteiger partial charge in [-0.05, 0) is 27.7 Å². The van der Waals surface area contributed by atoms with Crippen molar-refractivity contribution >= 4 is 0 Å². The summed E-state index contributed by atoms with van der Waals surface area (Å²) >= 11 is 0. The van der Waals surface area contributed by atoms with Crippen LogP contribution in [0.15, 0.2) is 0 Å². The molecule has 5 nitrogen and oxygen atoms in total. The number of ether oxygens (including phenoxy) is 1. The molecule has 0 saturated heterocycles. The molecule has 0 bridgehead atoms. The maximum atomic E-state index is 10.2. The van der Waals surface area contributed by atoms with Crippen LogP contribution in [0.25, 0.3) is 0 Å². The van der Waals surface area contributed by atoms with Gasteiger partial charge in [-0.1, -0.05) is 0 Å². The first-order chi connectivity index (χ1) is 7.76. The molecule has 5 heteroatoms. The van der Waals surface area contributed by atoms with Crippen molar-refractivity contribution in [3.8, 4) is 5.88 Å². The van der Waals surface area contributed by atoms with Crippen LogP contribution in [0.1, 0.15) is 38.1 Å². The summed E-state index contributed by atoms with van der Waals surface area (Å²) < 4.78 is 6.91. The first-order valence-electron chi connectivity index (χ1n) is 5.77. The summed E-state index contributed by atoms with van der Waals surface area (Å²) in [6, 6.07) is 0. The fourth-order valence-electron chi connectivity index (χ4n) is 1.78. The van der Waals surface area contributed by atoms with Gasteiger partial charge in [0, 0.05) is 19.1 Å². The van der Waals surface area contributed by atoms with Gasteiger partial charge in [-0.2, -0.15) is 5.10 Å². The Morgan fingerprint density at radius 1 is 1.47 bits per heavy atom. The van der Waals surface area contributed by atoms with Gasteiger partial charge in [-0.25, -0.2) is 4.68 Å². The Balaban J connectivity index is 2.85. The van der Waals surface area contributed by atoms with Crippen LogP contribution in [0, 0.1) is 6.92 Å². The smallest absolute Gasteiger partial charge is 0.217 e. The topological polar surface area (TPSA) is 59.3 Å². The van der Waals surface area contributed by atoms with Crippen LogP contribution in [0.2, 0.25) is 0 Å². The zero-order valence-corrected chi connectivity index (χ0v) is 11.5. The normalized spacial score (nSPS) is 13.8. The van der Waals surface area contributed by atoms with Crippen LogP contribution in [-0.4, -0.2) is 34.1 Å². The predicted octanol–water partition coefficient (Wildman–Crippen LogP) is 1.16. The monoisotopic (exact) mass is 241 g/mol. The van der Waals surface area contributed by atoms with Gasteiger partial charge in [-0.15, -0.1) is 0 Å². The van der Waals surface area contributed by atoms with E-state index in [4.69, 9.17) is 4.74 Å². The highest BCUT2D eigenvalue weighted by atomic mass is 16.5. The second-order valence-electron chi connectivity index (χ2n) is 5.28. The number of β-amino-alcohol motifs (C(OH)–C–C–N with tert-alkyl or cyclic N) is 1. The highest BCUT2D eigenvalue weighted by Gasteiger charge is 2.22. The van der Waals surface area contributed by atoms with Crippen LogP contribution < -0.4 is 10.1 Å². The van der Waals surface area contributed by atoms with E-state index in [1.54, 1.807) is 18.8 Å². The van der Waals surface area contributed by atoms with Gasteiger partial charge in [0.1, 0.15) is 0 Å². The van der Waals surface area contributed by atoms with Gasteiger partial charge >= 0.3 is 0 Å². The quantitative estimate of drug-likeness (QED) is 0.830. The number of aliphatic hydroxyl groups is 1. The van der Waals surface area contributed by atoms with Crippen LogP contribution in [-0.2, 0) is 7.05 Å². The molecule has 1 aromatic heterocycles. The van der Waals surface area contributed by atoms with E-state index < -0.39 is 6.10 Å². The summed E-state index contributed by atoms with van der Waals surface area (Å²) in [5.74, 6) is 0.616. The second-order valence-corrected chi connectivity index (χ2v) is 5.28. The molecule has 98 valence electrons. The molecule has 0 aliphatic rings. The third kappa shape index (κ3) is 3.44. The Bertz CT molecular complexity index is 380. The van der Waals surface area contributed by atoms with Crippen molar-refractivity contribution in [3.05, 3.63) is 11.3 Å². The van der Waals surface area contributed by atoms with Crippen LogP contribution in [0.3, 0.4) is 0 Å². The number of aromatic nitrogens is 2. The van der Waals surface area contributed by atoms with E-state index in [1.165, 1.54) is 0 Å². The third-order valence-corrected chi connectivity index (χ3v) is 2.57. The van der Waals surface area contributed by atoms with E-state index >= 15 is 0 Å². The lowest BCUT2D eigenvalue weighted by Gasteiger charge is -2.23. The lowest BCUT2D eigenvalue weighted by molar-refractivity contribution is 0.158. The Morgan fingerprint density at radius 2 is 2.06 bits per heavy atom. The van der Waals surface area contributed by atoms with Gasteiger partial charge < -0.3 is 15.2 Å². The lowest BCUT2D eigenvalue weighted by Crippen LogP contribution is -2.38. The Labute approximate surface area is 103 Å². The number of nitrogens with one attached hydrogen (secondary N) is 1. The minimum Gasteiger partial charge on any atom is -0.481 e. The van der Waals surface area contributed by atoms with Crippen molar-refractivity contribution in [1.82, 2.24) is 15.1 Å². The van der Waals surface area contributed by atoms with Crippen molar-refractivity contribution < 1.29 is 9.84 Å². The number of hydrogen-bond acceptors (Lipinski definition) is 4. The van der Waals surface area contributed by atoms with Crippen LogP contribution >= 0.6 is 0 Å². The molecule has 1 atom stereocenters. The Hall–Kier alpha value is -1.07. The maximum Gasteiger partial charge on any atom is 0.217 e. The van der Waals surface area contributed by atoms with E-state index in [0.29, 0.717) is 12.4 Å². The fraction of sp³-hybridized carbons (Fsp3) is 0.750. The van der Waals surface area contributed by atoms with E-state index in [-0.39, 0.29) is 5.54 Å². The van der Waals surface area contributed by atoms with Crippen molar-refractivity contribution in [1.29, 1.82) is 0 Å². The molecule has 1 aromatic rings. The van der Waals surface area contributed by atoms with Gasteiger partial charge in [0.05, 0.1) is 24.5 Å². The summed E-state index contributed by atoms with van der Waals surface area (Å²) in [5.41, 5.74) is 1.53. The number of methoxy groups -OCH3 is 1. The zero-order chi connectivity index (χ0) is 13.2. The van der Waals surface area contributed by atoms with Crippen LogP contribution in [0.5, 0.6) is 5.88 Å². The summed E-state index contributed by atoms with van der Waals surface area (Å²) in [4.78, 5) is 0. The molecule has 0 spiro atoms. The largest absolute Gasteiger partial charge is 0.481 e. The van der Waals surface area contributed by atoms with Gasteiger partial charge in [0.25, 0.3) is 0 Å². The molecule has 0 amide bonds. The SMILES string of the molecule is COc1c(C(O)CNC(C)(C)C)c(C)nn1C. The summed E-state index contributed by atoms with van der Waals surface area (Å²) in [5, 5.41) is 17.7. The summed E-state index contributed by atoms with van der Waals surface area (Å²) in [7, 11) is 3.39. The van der Waals surface area contributed by atoms with Gasteiger partial charge in [0.2, 0.25) is 5.88 Å². The maximum absolute atomic E-state index is 10.2. The first kappa shape index (κ1) is 14.0. The second kappa shape index (κ2) is 5.06. The molecule has 0 aliphatic heterocycles. The molecule has 1 rings (SSSR count). The summed E-state index contributed by atoms with van der Waals surface area (Å²) in [6.45, 7) is 8.54. The van der Waals surface area contributed by atoms with Crippen molar-refractivity contribution in [2.45, 2.75) is 39.3 Å². The lowest BCUT2D eigenvalue weighted by atomic mass is 10.1. The number of aliphatic hydroxyl groups excluding tert-OH is 1. The standard InChI is InChI=1S/C12H23N3O2/c1-8-10(11(17-6)15(5)14-8)9(16)7-13-12(2,3)4/h9,13,16H,7H2,1-6H3. The molecular formula is C12H23N3O2. The number of hydrogen-bond donors (Lipinski definition) is 2. The molecule has 1 unspecified atom stereocenters. The molecule has 0 fully saturated rings. The Morgan fingerprint density at radius 3 is 2.53 bits per heavy atom. The van der Waals surface area contributed by atoms with E-state index in [0.717, 1.165) is 11.3 Å². The van der Waals surface area contributed by atoms with Crippen molar-refractivity contribution in [3.63, 3.8) is 0 Å². The third-order valence-electron chi connectivity index (χ3n) is 2.57. The number of rotatable bonds is 4. The molecule has 0 aromatic carbocycles. The molecule has 2 N–H and O–H groups in total. The van der Waals surface area contributed by atoms with E-state index in [9.17, 15) is 5.11 Å². The van der Waals surface area contributed by atoms with Crippen LogP contribution in [0.4, 0.5) is 0 Å². The summed E-state index contributed by atoms with van der Waals surface area (Å²) in [6.07, 6.45) is -0.613. The fourth-order valence-corrected chi connectivity index (χ4v) is 1.78. The van der Waals surface area contributed by atoms with Crippen molar-refractivity contribution in [2.75, 3.05) is 13.7 Å². The molecule has 0 saturated carbocycles. The highest BCUT2D eigenvalue weighted by Crippen LogP contribution is 2.27. The molecule has 1 heterocycles. The predicted molar refractivity (Wildman–Crippen MR) is 67.2 cm³/mol. The number of aryl methyl sites for hydroxylation is 2. The average Bonchev–Trinajstić information content (AvgIpc) is 2.48. The first-order valence-corrected chi connectivity index (χ1v) is 5.77. The highest BCUT2D eigenvalue weighted by molar-refractivity contribution is 5.33. The van der Waals surface area contributed by atoms with Gasteiger partial charge in [0.15, 0.2) is 0 Å². The van der Waals surface area contributed by atoms with E-state index in [2.05, 4.69) is 31.2 Å². The van der Waals surface area contributed by atoms with E-state index in [1.807, 2.05) is 6.92 Å². The van der Waals surface area contributed by atoms with Crippen molar-refractivity contribution in [2.24, 2.45) is 7.05 Å².